The molecule has 0 spiro atoms. The minimum atomic E-state index is -0.483. The van der Waals surface area contributed by atoms with Crippen LogP contribution in [0.4, 0.5) is 0 Å². The summed E-state index contributed by atoms with van der Waals surface area (Å²) in [6.45, 7) is 0. The maximum Gasteiger partial charge on any atom is 0.261 e. The largest absolute Gasteiger partial charge is 0.271 e. The highest BCUT2D eigenvalue weighted by Gasteiger charge is 2.05. The quantitative estimate of drug-likeness (QED) is 0.311. The average Bonchev–Trinajstić information content (AvgIpc) is 2.15. The van der Waals surface area contributed by atoms with Crippen molar-refractivity contribution in [1.29, 1.82) is 0 Å². The van der Waals surface area contributed by atoms with Gasteiger partial charge < -0.3 is 0 Å². The van der Waals surface area contributed by atoms with Crippen molar-refractivity contribution in [3.05, 3.63) is 35.9 Å². The van der Waals surface area contributed by atoms with E-state index in [-0.39, 0.29) is 11.6 Å². The molecule has 1 amide bonds. The Morgan fingerprint density at radius 3 is 2.54 bits per heavy atom. The van der Waals surface area contributed by atoms with Crippen LogP contribution in [-0.4, -0.2) is 16.3 Å². The topological polar surface area (TPSA) is 66.6 Å². The molecular weight excluding hydrogens is 168 g/mol. The Morgan fingerprint density at radius 1 is 1.38 bits per heavy atom. The number of carbonyl (C=O) groups is 1. The standard InChI is InChI=1S/C9H12N2O2/c10-11(13)9(12)7-6-8-4-2-1-3-5-8/h1-5,13H,6-7,10H2. The van der Waals surface area contributed by atoms with E-state index in [4.69, 9.17) is 11.0 Å². The van der Waals surface area contributed by atoms with E-state index < -0.39 is 5.91 Å². The minimum absolute atomic E-state index is 0.128. The molecule has 4 heteroatoms. The van der Waals surface area contributed by atoms with Crippen LogP contribution < -0.4 is 5.84 Å². The van der Waals surface area contributed by atoms with Gasteiger partial charge in [-0.3, -0.25) is 10.0 Å². The highest BCUT2D eigenvalue weighted by Crippen LogP contribution is 2.02. The smallest absolute Gasteiger partial charge is 0.261 e. The third-order valence-electron chi connectivity index (χ3n) is 1.73. The van der Waals surface area contributed by atoms with E-state index in [0.29, 0.717) is 6.42 Å². The molecule has 4 nitrogen and oxygen atoms in total. The summed E-state index contributed by atoms with van der Waals surface area (Å²) < 4.78 is 0. The fraction of sp³-hybridized carbons (Fsp3) is 0.222. The SMILES string of the molecule is NN(O)C(=O)CCc1ccccc1. The monoisotopic (exact) mass is 180 g/mol. The summed E-state index contributed by atoms with van der Waals surface area (Å²) in [6, 6.07) is 9.56. The maximum absolute atomic E-state index is 10.9. The summed E-state index contributed by atoms with van der Waals surface area (Å²) in [5.41, 5.74) is 1.05. The van der Waals surface area contributed by atoms with E-state index >= 15 is 0 Å². The zero-order valence-corrected chi connectivity index (χ0v) is 7.18. The van der Waals surface area contributed by atoms with Gasteiger partial charge in [-0.25, -0.2) is 5.84 Å². The Morgan fingerprint density at radius 2 is 2.00 bits per heavy atom. The van der Waals surface area contributed by atoms with Crippen LogP contribution in [0.5, 0.6) is 0 Å². The van der Waals surface area contributed by atoms with Crippen LogP contribution in [0.15, 0.2) is 30.3 Å². The molecular formula is C9H12N2O2. The molecule has 0 aliphatic rings. The highest BCUT2D eigenvalue weighted by atomic mass is 16.5. The molecule has 3 N–H and O–H groups in total. The van der Waals surface area contributed by atoms with E-state index in [9.17, 15) is 4.79 Å². The lowest BCUT2D eigenvalue weighted by Crippen LogP contribution is -2.33. The molecule has 13 heavy (non-hydrogen) atoms. The number of hydrazine groups is 1. The lowest BCUT2D eigenvalue weighted by Gasteiger charge is -2.06. The molecule has 0 aliphatic heterocycles. The third-order valence-corrected chi connectivity index (χ3v) is 1.73. The lowest BCUT2D eigenvalue weighted by atomic mass is 10.1. The van der Waals surface area contributed by atoms with Crippen LogP contribution in [0, 0.1) is 0 Å². The number of rotatable bonds is 3. The zero-order chi connectivity index (χ0) is 9.68. The average molecular weight is 180 g/mol. The number of aryl methyl sites for hydroxylation is 1. The fourth-order valence-corrected chi connectivity index (χ4v) is 1.01. The van der Waals surface area contributed by atoms with Crippen molar-refractivity contribution >= 4 is 5.91 Å². The van der Waals surface area contributed by atoms with E-state index in [1.165, 1.54) is 0 Å². The van der Waals surface area contributed by atoms with Gasteiger partial charge in [0.2, 0.25) is 0 Å². The molecule has 0 atom stereocenters. The van der Waals surface area contributed by atoms with Crippen molar-refractivity contribution in [3.63, 3.8) is 0 Å². The van der Waals surface area contributed by atoms with Crippen LogP contribution >= 0.6 is 0 Å². The second-order valence-corrected chi connectivity index (χ2v) is 2.72. The zero-order valence-electron chi connectivity index (χ0n) is 7.18. The Balaban J connectivity index is 2.40. The second kappa shape index (κ2) is 4.59. The number of hydrogen-bond donors (Lipinski definition) is 2. The van der Waals surface area contributed by atoms with Crippen LogP contribution in [0.2, 0.25) is 0 Å². The number of hydroxylamine groups is 1. The van der Waals surface area contributed by atoms with E-state index in [1.807, 2.05) is 30.3 Å². The van der Waals surface area contributed by atoms with Gasteiger partial charge in [0, 0.05) is 6.42 Å². The maximum atomic E-state index is 10.9. The number of benzene rings is 1. The molecule has 0 fully saturated rings. The molecule has 70 valence electrons. The molecule has 1 aromatic carbocycles. The first kappa shape index (κ1) is 9.70. The molecule has 0 saturated carbocycles. The molecule has 0 saturated heterocycles. The van der Waals surface area contributed by atoms with Gasteiger partial charge in [0.05, 0.1) is 0 Å². The number of nitrogens with zero attached hydrogens (tertiary/aromatic N) is 1. The van der Waals surface area contributed by atoms with Crippen LogP contribution in [-0.2, 0) is 11.2 Å². The van der Waals surface area contributed by atoms with E-state index in [2.05, 4.69) is 0 Å². The van der Waals surface area contributed by atoms with Crippen molar-refractivity contribution in [2.45, 2.75) is 12.8 Å². The second-order valence-electron chi connectivity index (χ2n) is 2.72. The van der Waals surface area contributed by atoms with Crippen molar-refractivity contribution in [3.8, 4) is 0 Å². The van der Waals surface area contributed by atoms with Gasteiger partial charge in [0.25, 0.3) is 5.91 Å². The van der Waals surface area contributed by atoms with Crippen molar-refractivity contribution in [1.82, 2.24) is 5.17 Å². The summed E-state index contributed by atoms with van der Waals surface area (Å²) in [4.78, 5) is 10.9. The molecule has 1 rings (SSSR count). The number of carbonyl (C=O) groups excluding carboxylic acids is 1. The molecule has 0 heterocycles. The van der Waals surface area contributed by atoms with Crippen molar-refractivity contribution in [2.75, 3.05) is 0 Å². The molecule has 0 radical (unpaired) electrons. The van der Waals surface area contributed by atoms with Gasteiger partial charge in [0.15, 0.2) is 0 Å². The van der Waals surface area contributed by atoms with E-state index in [0.717, 1.165) is 5.56 Å². The third kappa shape index (κ3) is 3.23. The molecule has 0 aliphatic carbocycles. The van der Waals surface area contributed by atoms with Crippen LogP contribution in [0.3, 0.4) is 0 Å². The van der Waals surface area contributed by atoms with Gasteiger partial charge in [-0.2, -0.15) is 5.17 Å². The van der Waals surface area contributed by atoms with Gasteiger partial charge in [-0.05, 0) is 12.0 Å². The Kier molecular flexibility index (Phi) is 3.42. The molecule has 0 unspecified atom stereocenters. The summed E-state index contributed by atoms with van der Waals surface area (Å²) in [5, 5.41) is 8.69. The first-order valence-corrected chi connectivity index (χ1v) is 4.00. The number of amides is 1. The Hall–Kier alpha value is -1.39. The van der Waals surface area contributed by atoms with E-state index in [1.54, 1.807) is 0 Å². The van der Waals surface area contributed by atoms with Crippen LogP contribution in [0.25, 0.3) is 0 Å². The predicted molar refractivity (Wildman–Crippen MR) is 47.6 cm³/mol. The highest BCUT2D eigenvalue weighted by molar-refractivity contribution is 5.74. The molecule has 0 bridgehead atoms. The number of nitrogens with two attached hydrogens (primary N) is 1. The summed E-state index contributed by atoms with van der Waals surface area (Å²) in [5.74, 6) is 4.36. The molecule has 0 aromatic heterocycles. The van der Waals surface area contributed by atoms with Gasteiger partial charge >= 0.3 is 0 Å². The minimum Gasteiger partial charge on any atom is -0.271 e. The van der Waals surface area contributed by atoms with Crippen molar-refractivity contribution < 1.29 is 10.0 Å². The van der Waals surface area contributed by atoms with Crippen LogP contribution in [0.1, 0.15) is 12.0 Å². The Bertz CT molecular complexity index is 272. The normalized spacial score (nSPS) is 9.69. The predicted octanol–water partition coefficient (Wildman–Crippen LogP) is 0.711. The lowest BCUT2D eigenvalue weighted by molar-refractivity contribution is -0.166. The van der Waals surface area contributed by atoms with Gasteiger partial charge in [-0.15, -0.1) is 0 Å². The van der Waals surface area contributed by atoms with Gasteiger partial charge in [-0.1, -0.05) is 30.3 Å². The number of hydrogen-bond acceptors (Lipinski definition) is 3. The summed E-state index contributed by atoms with van der Waals surface area (Å²) in [6.07, 6.45) is 0.810. The van der Waals surface area contributed by atoms with Gasteiger partial charge in [0.1, 0.15) is 0 Å². The first-order valence-electron chi connectivity index (χ1n) is 4.00. The fourth-order valence-electron chi connectivity index (χ4n) is 1.01. The summed E-state index contributed by atoms with van der Waals surface area (Å²) in [7, 11) is 0. The van der Waals surface area contributed by atoms with Crippen molar-refractivity contribution in [2.24, 2.45) is 5.84 Å². The Labute approximate surface area is 76.5 Å². The molecule has 1 aromatic rings. The first-order chi connectivity index (χ1) is 6.20. The summed E-state index contributed by atoms with van der Waals surface area (Å²) >= 11 is 0.